The van der Waals surface area contributed by atoms with Crippen LogP contribution in [-0.2, 0) is 13.2 Å². The fourth-order valence-electron chi connectivity index (χ4n) is 2.59. The first kappa shape index (κ1) is 20.3. The summed E-state index contributed by atoms with van der Waals surface area (Å²) in [5, 5.41) is 3.40. The summed E-state index contributed by atoms with van der Waals surface area (Å²) in [4.78, 5) is 19.1. The van der Waals surface area contributed by atoms with Crippen molar-refractivity contribution in [2.24, 2.45) is 0 Å². The van der Waals surface area contributed by atoms with E-state index in [0.29, 0.717) is 23.7 Å². The predicted molar refractivity (Wildman–Crippen MR) is 109 cm³/mol. The van der Waals surface area contributed by atoms with Crippen LogP contribution in [0.5, 0.6) is 5.75 Å². The number of hydrogen-bond donors (Lipinski definition) is 0. The minimum absolute atomic E-state index is 0.0204. The third-order valence-electron chi connectivity index (χ3n) is 4.08. The van der Waals surface area contributed by atoms with Crippen molar-refractivity contribution in [1.82, 2.24) is 9.88 Å². The molecule has 1 aromatic heterocycles. The maximum Gasteiger partial charge on any atom is 0.254 e. The van der Waals surface area contributed by atoms with Crippen LogP contribution < -0.4 is 4.74 Å². The van der Waals surface area contributed by atoms with Gasteiger partial charge < -0.3 is 9.64 Å². The molecule has 0 N–H and O–H groups in total. The lowest BCUT2D eigenvalue weighted by molar-refractivity contribution is 0.0688. The molecule has 7 heteroatoms. The van der Waals surface area contributed by atoms with Gasteiger partial charge in [0.15, 0.2) is 0 Å². The second-order valence-electron chi connectivity index (χ2n) is 6.51. The highest BCUT2D eigenvalue weighted by molar-refractivity contribution is 7.09. The molecule has 3 rings (SSSR count). The number of thiazole rings is 1. The molecular weight excluding hydrogens is 399 g/mol. The molecule has 1 heterocycles. The zero-order valence-corrected chi connectivity index (χ0v) is 17.1. The van der Waals surface area contributed by atoms with E-state index in [9.17, 15) is 9.18 Å². The van der Waals surface area contributed by atoms with Gasteiger partial charge in [-0.1, -0.05) is 11.6 Å². The highest BCUT2D eigenvalue weighted by atomic mass is 35.5. The number of ether oxygens (including phenoxy) is 1. The van der Waals surface area contributed by atoms with Crippen LogP contribution in [-0.4, -0.2) is 21.8 Å². The normalized spacial score (nSPS) is 10.9. The van der Waals surface area contributed by atoms with Crippen LogP contribution in [0.2, 0.25) is 5.02 Å². The van der Waals surface area contributed by atoms with E-state index in [0.717, 1.165) is 16.5 Å². The smallest absolute Gasteiger partial charge is 0.254 e. The molecule has 0 bridgehead atoms. The molecule has 1 amide bonds. The number of carbonyl (C=O) groups excluding carboxylic acids is 1. The van der Waals surface area contributed by atoms with Gasteiger partial charge in [-0.2, -0.15) is 0 Å². The largest absolute Gasteiger partial charge is 0.486 e. The fraction of sp³-hybridized carbons (Fsp3) is 0.238. The zero-order valence-electron chi connectivity index (χ0n) is 15.6. The average molecular weight is 419 g/mol. The SMILES string of the molecule is CC(C)N(Cc1csc(COc2ccc(Cl)cc2)n1)C(=O)c1ccc(F)cc1. The Morgan fingerprint density at radius 1 is 1.18 bits per heavy atom. The summed E-state index contributed by atoms with van der Waals surface area (Å²) in [6.07, 6.45) is 0. The van der Waals surface area contributed by atoms with Gasteiger partial charge in [-0.05, 0) is 62.4 Å². The van der Waals surface area contributed by atoms with E-state index >= 15 is 0 Å². The highest BCUT2D eigenvalue weighted by Crippen LogP contribution is 2.20. The van der Waals surface area contributed by atoms with Crippen molar-refractivity contribution in [3.63, 3.8) is 0 Å². The Morgan fingerprint density at radius 3 is 2.50 bits per heavy atom. The molecule has 0 saturated carbocycles. The van der Waals surface area contributed by atoms with E-state index < -0.39 is 0 Å². The monoisotopic (exact) mass is 418 g/mol. The first-order chi connectivity index (χ1) is 13.4. The maximum atomic E-state index is 13.1. The highest BCUT2D eigenvalue weighted by Gasteiger charge is 2.20. The number of carbonyl (C=O) groups is 1. The van der Waals surface area contributed by atoms with Crippen LogP contribution >= 0.6 is 22.9 Å². The molecule has 2 aromatic carbocycles. The van der Waals surface area contributed by atoms with Crippen LogP contribution in [0.4, 0.5) is 4.39 Å². The van der Waals surface area contributed by atoms with E-state index in [2.05, 4.69) is 4.98 Å². The van der Waals surface area contributed by atoms with Crippen molar-refractivity contribution < 1.29 is 13.9 Å². The number of benzene rings is 2. The van der Waals surface area contributed by atoms with Crippen LogP contribution in [0, 0.1) is 5.82 Å². The molecule has 0 aliphatic heterocycles. The van der Waals surface area contributed by atoms with Gasteiger partial charge in [0.1, 0.15) is 23.2 Å². The van der Waals surface area contributed by atoms with Crippen molar-refractivity contribution in [2.45, 2.75) is 33.0 Å². The maximum absolute atomic E-state index is 13.1. The second kappa shape index (κ2) is 9.17. The summed E-state index contributed by atoms with van der Waals surface area (Å²) < 4.78 is 18.8. The summed E-state index contributed by atoms with van der Waals surface area (Å²) >= 11 is 7.35. The summed E-state index contributed by atoms with van der Waals surface area (Å²) in [6.45, 7) is 4.61. The topological polar surface area (TPSA) is 42.4 Å². The number of amides is 1. The second-order valence-corrected chi connectivity index (χ2v) is 7.89. The minimum atomic E-state index is -0.363. The van der Waals surface area contributed by atoms with Crippen molar-refractivity contribution >= 4 is 28.8 Å². The van der Waals surface area contributed by atoms with Gasteiger partial charge in [-0.3, -0.25) is 4.79 Å². The first-order valence-corrected chi connectivity index (χ1v) is 10.1. The molecule has 0 saturated heterocycles. The van der Waals surface area contributed by atoms with E-state index in [1.807, 2.05) is 19.2 Å². The van der Waals surface area contributed by atoms with Crippen molar-refractivity contribution in [1.29, 1.82) is 0 Å². The summed E-state index contributed by atoms with van der Waals surface area (Å²) in [6, 6.07) is 12.7. The summed E-state index contributed by atoms with van der Waals surface area (Å²) in [7, 11) is 0. The molecule has 0 atom stereocenters. The lowest BCUT2D eigenvalue weighted by Crippen LogP contribution is -2.36. The number of hydrogen-bond acceptors (Lipinski definition) is 4. The van der Waals surface area contributed by atoms with Crippen LogP contribution in [0.15, 0.2) is 53.9 Å². The third-order valence-corrected chi connectivity index (χ3v) is 5.21. The molecule has 28 heavy (non-hydrogen) atoms. The quantitative estimate of drug-likeness (QED) is 0.504. The van der Waals surface area contributed by atoms with Gasteiger partial charge in [-0.15, -0.1) is 11.3 Å². The standard InChI is InChI=1S/C21H20ClFN2O2S/c1-14(2)25(21(26)15-3-7-17(23)8-4-15)11-18-13-28-20(24-18)12-27-19-9-5-16(22)6-10-19/h3-10,13-14H,11-12H2,1-2H3. The minimum Gasteiger partial charge on any atom is -0.486 e. The Balaban J connectivity index is 1.64. The number of halogens is 2. The first-order valence-electron chi connectivity index (χ1n) is 8.80. The van der Waals surface area contributed by atoms with Crippen LogP contribution in [0.1, 0.15) is 34.9 Å². The van der Waals surface area contributed by atoms with Crippen molar-refractivity contribution in [3.8, 4) is 5.75 Å². The molecule has 3 aromatic rings. The van der Waals surface area contributed by atoms with Gasteiger partial charge in [-0.25, -0.2) is 9.37 Å². The molecule has 0 radical (unpaired) electrons. The number of nitrogens with zero attached hydrogens (tertiary/aromatic N) is 2. The van der Waals surface area contributed by atoms with E-state index in [1.165, 1.54) is 35.6 Å². The van der Waals surface area contributed by atoms with Crippen LogP contribution in [0.25, 0.3) is 0 Å². The average Bonchev–Trinajstić information content (AvgIpc) is 3.13. The van der Waals surface area contributed by atoms with Crippen LogP contribution in [0.3, 0.4) is 0 Å². The Bertz CT molecular complexity index is 926. The molecule has 0 aliphatic rings. The molecule has 0 unspecified atom stereocenters. The predicted octanol–water partition coefficient (Wildman–Crippen LogP) is 5.57. The molecule has 146 valence electrons. The molecule has 0 spiro atoms. The molecular formula is C21H20ClFN2O2S. The van der Waals surface area contributed by atoms with E-state index in [1.54, 1.807) is 29.2 Å². The van der Waals surface area contributed by atoms with E-state index in [4.69, 9.17) is 16.3 Å². The number of aromatic nitrogens is 1. The molecule has 0 aliphatic carbocycles. The summed E-state index contributed by atoms with van der Waals surface area (Å²) in [5.41, 5.74) is 1.25. The number of rotatable bonds is 7. The summed E-state index contributed by atoms with van der Waals surface area (Å²) in [5.74, 6) is 0.205. The Kier molecular flexibility index (Phi) is 6.65. The Morgan fingerprint density at radius 2 is 1.86 bits per heavy atom. The third kappa shape index (κ3) is 5.30. The van der Waals surface area contributed by atoms with Gasteiger partial charge in [0, 0.05) is 22.0 Å². The lowest BCUT2D eigenvalue weighted by Gasteiger charge is -2.26. The van der Waals surface area contributed by atoms with Crippen molar-refractivity contribution in [3.05, 3.63) is 81.0 Å². The molecule has 0 fully saturated rings. The van der Waals surface area contributed by atoms with Gasteiger partial charge in [0.2, 0.25) is 0 Å². The van der Waals surface area contributed by atoms with E-state index in [-0.39, 0.29) is 17.8 Å². The lowest BCUT2D eigenvalue weighted by atomic mass is 10.1. The fourth-order valence-corrected chi connectivity index (χ4v) is 3.41. The van der Waals surface area contributed by atoms with Crippen molar-refractivity contribution in [2.75, 3.05) is 0 Å². The zero-order chi connectivity index (χ0) is 20.1. The Hall–Kier alpha value is -2.44. The van der Waals surface area contributed by atoms with Gasteiger partial charge >= 0.3 is 0 Å². The van der Waals surface area contributed by atoms with Gasteiger partial charge in [0.05, 0.1) is 12.2 Å². The molecule has 4 nitrogen and oxygen atoms in total. The van der Waals surface area contributed by atoms with Gasteiger partial charge in [0.25, 0.3) is 5.91 Å². The Labute approximate surface area is 172 Å².